The van der Waals surface area contributed by atoms with Crippen molar-refractivity contribution in [3.05, 3.63) is 23.8 Å². The molecule has 2 amide bonds. The lowest BCUT2D eigenvalue weighted by Crippen LogP contribution is -2.41. The maximum absolute atomic E-state index is 13.4. The third-order valence-corrected chi connectivity index (χ3v) is 5.44. The molecule has 1 heterocycles. The number of carbonyl (C=O) groups excluding carboxylic acids is 2. The van der Waals surface area contributed by atoms with Crippen LogP contribution in [-0.4, -0.2) is 80.5 Å². The molecule has 0 N–H and O–H groups in total. The van der Waals surface area contributed by atoms with Crippen molar-refractivity contribution >= 4 is 12.0 Å². The van der Waals surface area contributed by atoms with E-state index in [9.17, 15) is 9.59 Å². The lowest BCUT2D eigenvalue weighted by molar-refractivity contribution is 0.0285. The maximum atomic E-state index is 13.4. The highest BCUT2D eigenvalue weighted by Crippen LogP contribution is 2.29. The van der Waals surface area contributed by atoms with Gasteiger partial charge in [-0.05, 0) is 65.2 Å². The van der Waals surface area contributed by atoms with Crippen LogP contribution in [0.15, 0.2) is 18.2 Å². The minimum absolute atomic E-state index is 0.0150. The number of methoxy groups -OCH3 is 2. The Labute approximate surface area is 198 Å². The molecule has 1 aromatic rings. The normalized spacial score (nSPS) is 16.1. The third-order valence-electron chi connectivity index (χ3n) is 5.44. The predicted molar refractivity (Wildman–Crippen MR) is 127 cm³/mol. The molecule has 1 saturated heterocycles. The molecule has 0 radical (unpaired) electrons. The minimum Gasteiger partial charge on any atom is -0.493 e. The van der Waals surface area contributed by atoms with E-state index in [1.54, 1.807) is 37.3 Å². The molecule has 8 heteroatoms. The van der Waals surface area contributed by atoms with Crippen LogP contribution in [0.2, 0.25) is 0 Å². The average Bonchev–Trinajstić information content (AvgIpc) is 3.22. The van der Waals surface area contributed by atoms with Crippen LogP contribution in [0.5, 0.6) is 11.5 Å². The van der Waals surface area contributed by atoms with Gasteiger partial charge in [0.15, 0.2) is 11.5 Å². The summed E-state index contributed by atoms with van der Waals surface area (Å²) in [6.07, 6.45) is 1.29. The van der Waals surface area contributed by atoms with Gasteiger partial charge in [0.1, 0.15) is 5.60 Å². The number of ether oxygens (including phenoxy) is 4. The molecule has 0 aliphatic carbocycles. The largest absolute Gasteiger partial charge is 0.493 e. The van der Waals surface area contributed by atoms with Crippen molar-refractivity contribution < 1.29 is 28.5 Å². The SMILES string of the molecule is COCCCOc1cc(C(=O)N(CC2CCN(C(=O)OC(C)(C)C)C2)C(C)C)ccc1OC. The molecule has 1 aliphatic heterocycles. The predicted octanol–water partition coefficient (Wildman–Crippen LogP) is 4.22. The number of rotatable bonds is 10. The van der Waals surface area contributed by atoms with E-state index in [0.717, 1.165) is 12.8 Å². The summed E-state index contributed by atoms with van der Waals surface area (Å²) < 4.78 is 21.8. The maximum Gasteiger partial charge on any atom is 0.410 e. The van der Waals surface area contributed by atoms with Crippen molar-refractivity contribution in [2.45, 2.75) is 59.1 Å². The Morgan fingerprint density at radius 1 is 1.15 bits per heavy atom. The quantitative estimate of drug-likeness (QED) is 0.483. The zero-order valence-electron chi connectivity index (χ0n) is 21.2. The second-order valence-corrected chi connectivity index (χ2v) is 9.69. The number of nitrogens with zero attached hydrogens (tertiary/aromatic N) is 2. The Kier molecular flexibility index (Phi) is 9.83. The van der Waals surface area contributed by atoms with Crippen molar-refractivity contribution in [1.82, 2.24) is 9.80 Å². The van der Waals surface area contributed by atoms with E-state index in [2.05, 4.69) is 0 Å². The van der Waals surface area contributed by atoms with Crippen LogP contribution in [0.25, 0.3) is 0 Å². The highest BCUT2D eigenvalue weighted by Gasteiger charge is 2.32. The molecule has 186 valence electrons. The molecule has 0 aromatic heterocycles. The number of benzene rings is 1. The highest BCUT2D eigenvalue weighted by atomic mass is 16.6. The van der Waals surface area contributed by atoms with Crippen molar-refractivity contribution in [2.75, 3.05) is 47.1 Å². The standard InChI is InChI=1S/C25H40N2O6/c1-18(2)27(17-19-11-12-26(16-19)24(29)33-25(3,4)5)23(28)20-9-10-21(31-7)22(15-20)32-14-8-13-30-6/h9-10,15,18-19H,8,11-14,16-17H2,1-7H3. The molecule has 0 bridgehead atoms. The number of amides is 2. The van der Waals surface area contributed by atoms with E-state index in [-0.39, 0.29) is 24.0 Å². The Hall–Kier alpha value is -2.48. The third kappa shape index (κ3) is 8.11. The molecule has 8 nitrogen and oxygen atoms in total. The number of hydrogen-bond acceptors (Lipinski definition) is 6. The van der Waals surface area contributed by atoms with Crippen LogP contribution in [0.4, 0.5) is 4.79 Å². The zero-order valence-corrected chi connectivity index (χ0v) is 21.2. The van der Waals surface area contributed by atoms with Gasteiger partial charge in [-0.3, -0.25) is 4.79 Å². The van der Waals surface area contributed by atoms with Crippen molar-refractivity contribution in [3.63, 3.8) is 0 Å². The van der Waals surface area contributed by atoms with Crippen molar-refractivity contribution in [1.29, 1.82) is 0 Å². The molecule has 0 spiro atoms. The van der Waals surface area contributed by atoms with Crippen molar-refractivity contribution in [2.24, 2.45) is 5.92 Å². The van der Waals surface area contributed by atoms with Gasteiger partial charge in [-0.15, -0.1) is 0 Å². The fraction of sp³-hybridized carbons (Fsp3) is 0.680. The molecule has 1 fully saturated rings. The fourth-order valence-electron chi connectivity index (χ4n) is 3.75. The van der Waals surface area contributed by atoms with Gasteiger partial charge in [-0.25, -0.2) is 4.79 Å². The van der Waals surface area contributed by atoms with Gasteiger partial charge in [-0.2, -0.15) is 0 Å². The first-order valence-corrected chi connectivity index (χ1v) is 11.6. The van der Waals surface area contributed by atoms with E-state index < -0.39 is 5.60 Å². The summed E-state index contributed by atoms with van der Waals surface area (Å²) >= 11 is 0. The van der Waals surface area contributed by atoms with Gasteiger partial charge in [0, 0.05) is 51.4 Å². The zero-order chi connectivity index (χ0) is 24.6. The first-order chi connectivity index (χ1) is 15.6. The van der Waals surface area contributed by atoms with E-state index in [1.807, 2.05) is 39.5 Å². The molecule has 33 heavy (non-hydrogen) atoms. The van der Waals surface area contributed by atoms with Gasteiger partial charge >= 0.3 is 6.09 Å². The van der Waals surface area contributed by atoms with Crippen LogP contribution in [0.1, 0.15) is 57.8 Å². The Morgan fingerprint density at radius 2 is 1.88 bits per heavy atom. The molecule has 0 saturated carbocycles. The number of hydrogen-bond donors (Lipinski definition) is 0. The first-order valence-electron chi connectivity index (χ1n) is 11.6. The summed E-state index contributed by atoms with van der Waals surface area (Å²) in [7, 11) is 3.23. The lowest BCUT2D eigenvalue weighted by Gasteiger charge is -2.30. The van der Waals surface area contributed by atoms with Crippen molar-refractivity contribution in [3.8, 4) is 11.5 Å². The summed E-state index contributed by atoms with van der Waals surface area (Å²) in [5.41, 5.74) is 0.0283. The van der Waals surface area contributed by atoms with Crippen LogP contribution in [0, 0.1) is 5.92 Å². The van der Waals surface area contributed by atoms with Crippen LogP contribution >= 0.6 is 0 Å². The molecule has 1 aromatic carbocycles. The van der Waals surface area contributed by atoms with Crippen LogP contribution in [0.3, 0.4) is 0 Å². The number of likely N-dealkylation sites (tertiary alicyclic amines) is 1. The average molecular weight is 465 g/mol. The summed E-state index contributed by atoms with van der Waals surface area (Å²) in [5.74, 6) is 1.26. The summed E-state index contributed by atoms with van der Waals surface area (Å²) in [6.45, 7) is 12.5. The second kappa shape index (κ2) is 12.1. The molecule has 1 aliphatic rings. The smallest absolute Gasteiger partial charge is 0.410 e. The van der Waals surface area contributed by atoms with E-state index in [4.69, 9.17) is 18.9 Å². The second-order valence-electron chi connectivity index (χ2n) is 9.69. The topological polar surface area (TPSA) is 77.5 Å². The van der Waals surface area contributed by atoms with Gasteiger partial charge in [0.2, 0.25) is 0 Å². The van der Waals surface area contributed by atoms with Crippen LogP contribution in [-0.2, 0) is 9.47 Å². The van der Waals surface area contributed by atoms with E-state index in [1.165, 1.54) is 0 Å². The van der Waals surface area contributed by atoms with E-state index in [0.29, 0.717) is 49.9 Å². The van der Waals surface area contributed by atoms with Gasteiger partial charge in [-0.1, -0.05) is 0 Å². The summed E-state index contributed by atoms with van der Waals surface area (Å²) in [5, 5.41) is 0. The molecule has 1 unspecified atom stereocenters. The monoisotopic (exact) mass is 464 g/mol. The molecule has 1 atom stereocenters. The molecular formula is C25H40N2O6. The minimum atomic E-state index is -0.521. The van der Waals surface area contributed by atoms with Gasteiger partial charge < -0.3 is 28.7 Å². The lowest BCUT2D eigenvalue weighted by atomic mass is 10.1. The summed E-state index contributed by atoms with van der Waals surface area (Å²) in [4.78, 5) is 29.4. The van der Waals surface area contributed by atoms with Gasteiger partial charge in [0.25, 0.3) is 5.91 Å². The highest BCUT2D eigenvalue weighted by molar-refractivity contribution is 5.95. The van der Waals surface area contributed by atoms with E-state index >= 15 is 0 Å². The van der Waals surface area contributed by atoms with Gasteiger partial charge in [0.05, 0.1) is 13.7 Å². The molecular weight excluding hydrogens is 424 g/mol. The number of carbonyl (C=O) groups is 2. The fourth-order valence-corrected chi connectivity index (χ4v) is 3.75. The summed E-state index contributed by atoms with van der Waals surface area (Å²) in [6, 6.07) is 5.28. The first kappa shape index (κ1) is 26.8. The Balaban J connectivity index is 2.07. The van der Waals surface area contributed by atoms with Crippen LogP contribution < -0.4 is 9.47 Å². The Bertz CT molecular complexity index is 790. The Morgan fingerprint density at radius 3 is 2.48 bits per heavy atom. The molecule has 2 rings (SSSR count).